The van der Waals surface area contributed by atoms with Gasteiger partial charge in [-0.1, -0.05) is 65.9 Å². The molecule has 3 nitrogen and oxygen atoms in total. The zero-order valence-corrected chi connectivity index (χ0v) is 14.6. The van der Waals surface area contributed by atoms with Crippen LogP contribution in [0.3, 0.4) is 0 Å². The standard InChI is InChI=1S/C21H15FN2OS/c22-17-10-11-18-19(13-17)26-21(23-18)24-20(25)12-14-6-8-16(9-7-14)15-4-2-1-3-5-15/h1-11,13H,12H2,(H,23,24,25). The summed E-state index contributed by atoms with van der Waals surface area (Å²) in [7, 11) is 0. The van der Waals surface area contributed by atoms with Gasteiger partial charge in [0.05, 0.1) is 16.6 Å². The molecule has 1 N–H and O–H groups in total. The third-order valence-electron chi connectivity index (χ3n) is 4.02. The summed E-state index contributed by atoms with van der Waals surface area (Å²) in [5.41, 5.74) is 3.86. The number of hydrogen-bond acceptors (Lipinski definition) is 3. The van der Waals surface area contributed by atoms with Gasteiger partial charge in [0.25, 0.3) is 0 Å². The normalized spacial score (nSPS) is 10.8. The average molecular weight is 362 g/mol. The van der Waals surface area contributed by atoms with Gasteiger partial charge < -0.3 is 5.32 Å². The number of carbonyl (C=O) groups is 1. The first kappa shape index (κ1) is 16.4. The fraction of sp³-hybridized carbons (Fsp3) is 0.0476. The maximum atomic E-state index is 13.2. The Morgan fingerprint density at radius 1 is 0.962 bits per heavy atom. The van der Waals surface area contributed by atoms with E-state index >= 15 is 0 Å². The molecule has 128 valence electrons. The van der Waals surface area contributed by atoms with Crippen molar-refractivity contribution in [2.75, 3.05) is 5.32 Å². The number of rotatable bonds is 4. The highest BCUT2D eigenvalue weighted by atomic mass is 32.1. The third kappa shape index (κ3) is 3.63. The highest BCUT2D eigenvalue weighted by Gasteiger charge is 2.09. The topological polar surface area (TPSA) is 42.0 Å². The first-order chi connectivity index (χ1) is 12.7. The molecular weight excluding hydrogens is 347 g/mol. The van der Waals surface area contributed by atoms with Crippen molar-refractivity contribution in [3.05, 3.63) is 84.2 Å². The number of nitrogens with zero attached hydrogens (tertiary/aromatic N) is 1. The molecule has 0 saturated heterocycles. The first-order valence-electron chi connectivity index (χ1n) is 8.18. The number of benzene rings is 3. The number of hydrogen-bond donors (Lipinski definition) is 1. The van der Waals surface area contributed by atoms with Crippen molar-refractivity contribution < 1.29 is 9.18 Å². The van der Waals surface area contributed by atoms with Crippen LogP contribution in [0.15, 0.2) is 72.8 Å². The molecule has 5 heteroatoms. The Hall–Kier alpha value is -3.05. The average Bonchev–Trinajstić information content (AvgIpc) is 3.04. The number of carbonyl (C=O) groups excluding carboxylic acids is 1. The van der Waals surface area contributed by atoms with Crippen LogP contribution >= 0.6 is 11.3 Å². The molecule has 0 aliphatic carbocycles. The van der Waals surface area contributed by atoms with Gasteiger partial charge in [-0.2, -0.15) is 0 Å². The van der Waals surface area contributed by atoms with E-state index in [1.165, 1.54) is 23.5 Å². The quantitative estimate of drug-likeness (QED) is 0.536. The van der Waals surface area contributed by atoms with Crippen LogP contribution in [0.5, 0.6) is 0 Å². The Kier molecular flexibility index (Phi) is 4.46. The molecule has 0 fully saturated rings. The number of aromatic nitrogens is 1. The number of anilines is 1. The predicted octanol–water partition coefficient (Wildman–Crippen LogP) is 5.28. The van der Waals surface area contributed by atoms with Crippen molar-refractivity contribution in [3.63, 3.8) is 0 Å². The minimum Gasteiger partial charge on any atom is -0.302 e. The van der Waals surface area contributed by atoms with E-state index in [0.717, 1.165) is 16.7 Å². The molecule has 26 heavy (non-hydrogen) atoms. The van der Waals surface area contributed by atoms with E-state index < -0.39 is 0 Å². The number of nitrogens with one attached hydrogen (secondary N) is 1. The molecule has 1 heterocycles. The molecule has 1 amide bonds. The van der Waals surface area contributed by atoms with Crippen molar-refractivity contribution >= 4 is 32.6 Å². The van der Waals surface area contributed by atoms with E-state index in [2.05, 4.69) is 22.4 Å². The lowest BCUT2D eigenvalue weighted by Crippen LogP contribution is -2.14. The Morgan fingerprint density at radius 2 is 1.69 bits per heavy atom. The van der Waals surface area contributed by atoms with Gasteiger partial charge >= 0.3 is 0 Å². The lowest BCUT2D eigenvalue weighted by molar-refractivity contribution is -0.115. The lowest BCUT2D eigenvalue weighted by atomic mass is 10.0. The Morgan fingerprint density at radius 3 is 2.46 bits per heavy atom. The van der Waals surface area contributed by atoms with Gasteiger partial charge in [0.1, 0.15) is 5.82 Å². The molecule has 0 aliphatic rings. The molecule has 0 bridgehead atoms. The summed E-state index contributed by atoms with van der Waals surface area (Å²) in [5.74, 6) is -0.450. The van der Waals surface area contributed by atoms with Crippen LogP contribution in [0.4, 0.5) is 9.52 Å². The van der Waals surface area contributed by atoms with E-state index in [1.54, 1.807) is 6.07 Å². The van der Waals surface area contributed by atoms with Crippen LogP contribution in [-0.2, 0) is 11.2 Å². The number of amides is 1. The maximum absolute atomic E-state index is 13.2. The summed E-state index contributed by atoms with van der Waals surface area (Å²) >= 11 is 1.27. The molecule has 3 aromatic carbocycles. The van der Waals surface area contributed by atoms with Gasteiger partial charge in [-0.15, -0.1) is 0 Å². The summed E-state index contributed by atoms with van der Waals surface area (Å²) in [4.78, 5) is 16.6. The second-order valence-corrected chi connectivity index (χ2v) is 6.95. The number of fused-ring (bicyclic) bond motifs is 1. The third-order valence-corrected chi connectivity index (χ3v) is 4.96. The fourth-order valence-electron chi connectivity index (χ4n) is 2.75. The SMILES string of the molecule is O=C(Cc1ccc(-c2ccccc2)cc1)Nc1nc2ccc(F)cc2s1. The van der Waals surface area contributed by atoms with Crippen molar-refractivity contribution in [1.82, 2.24) is 4.98 Å². The van der Waals surface area contributed by atoms with Gasteiger partial charge in [0, 0.05) is 0 Å². The molecule has 0 unspecified atom stereocenters. The molecule has 0 atom stereocenters. The molecular formula is C21H15FN2OS. The molecule has 4 rings (SSSR count). The van der Waals surface area contributed by atoms with Gasteiger partial charge in [-0.25, -0.2) is 9.37 Å². The van der Waals surface area contributed by atoms with Crippen LogP contribution in [0, 0.1) is 5.82 Å². The summed E-state index contributed by atoms with van der Waals surface area (Å²) in [6, 6.07) is 22.4. The van der Waals surface area contributed by atoms with E-state index in [4.69, 9.17) is 0 Å². The smallest absolute Gasteiger partial charge is 0.230 e. The Bertz CT molecular complexity index is 1060. The highest BCUT2D eigenvalue weighted by Crippen LogP contribution is 2.26. The fourth-order valence-corrected chi connectivity index (χ4v) is 3.65. The Balaban J connectivity index is 1.44. The molecule has 1 aromatic heterocycles. The summed E-state index contributed by atoms with van der Waals surface area (Å²) in [6.45, 7) is 0. The van der Waals surface area contributed by atoms with Gasteiger partial charge in [0.2, 0.25) is 5.91 Å². The van der Waals surface area contributed by atoms with E-state index in [-0.39, 0.29) is 18.1 Å². The largest absolute Gasteiger partial charge is 0.302 e. The van der Waals surface area contributed by atoms with Crippen LogP contribution in [-0.4, -0.2) is 10.9 Å². The van der Waals surface area contributed by atoms with E-state index in [9.17, 15) is 9.18 Å². The minimum absolute atomic E-state index is 0.142. The number of thiazole rings is 1. The predicted molar refractivity (Wildman–Crippen MR) is 104 cm³/mol. The first-order valence-corrected chi connectivity index (χ1v) is 8.99. The van der Waals surface area contributed by atoms with Crippen molar-refractivity contribution in [3.8, 4) is 11.1 Å². The van der Waals surface area contributed by atoms with Crippen LogP contribution in [0.2, 0.25) is 0 Å². The van der Waals surface area contributed by atoms with Crippen molar-refractivity contribution in [2.24, 2.45) is 0 Å². The maximum Gasteiger partial charge on any atom is 0.230 e. The van der Waals surface area contributed by atoms with Crippen LogP contribution in [0.1, 0.15) is 5.56 Å². The second kappa shape index (κ2) is 7.06. The Labute approximate surface area is 154 Å². The molecule has 4 aromatic rings. The van der Waals surface area contributed by atoms with Gasteiger partial charge in [-0.3, -0.25) is 4.79 Å². The zero-order valence-electron chi connectivity index (χ0n) is 13.8. The summed E-state index contributed by atoms with van der Waals surface area (Å²) in [6.07, 6.45) is 0.263. The molecule has 0 aliphatic heterocycles. The molecule has 0 radical (unpaired) electrons. The van der Waals surface area contributed by atoms with Crippen molar-refractivity contribution in [2.45, 2.75) is 6.42 Å². The minimum atomic E-state index is -0.308. The van der Waals surface area contributed by atoms with E-state index in [1.807, 2.05) is 42.5 Å². The van der Waals surface area contributed by atoms with Crippen molar-refractivity contribution in [1.29, 1.82) is 0 Å². The molecule has 0 spiro atoms. The number of halogens is 1. The monoisotopic (exact) mass is 362 g/mol. The highest BCUT2D eigenvalue weighted by molar-refractivity contribution is 7.22. The second-order valence-electron chi connectivity index (χ2n) is 5.92. The summed E-state index contributed by atoms with van der Waals surface area (Å²) in [5, 5.41) is 3.27. The van der Waals surface area contributed by atoms with Crippen LogP contribution < -0.4 is 5.32 Å². The summed E-state index contributed by atoms with van der Waals surface area (Å²) < 4.78 is 14.0. The zero-order chi connectivity index (χ0) is 17.9. The van der Waals surface area contributed by atoms with E-state index in [0.29, 0.717) is 15.3 Å². The van der Waals surface area contributed by atoms with Crippen LogP contribution in [0.25, 0.3) is 21.3 Å². The lowest BCUT2D eigenvalue weighted by Gasteiger charge is -2.05. The molecule has 0 saturated carbocycles. The van der Waals surface area contributed by atoms with Gasteiger partial charge in [-0.05, 0) is 34.9 Å². The van der Waals surface area contributed by atoms with Gasteiger partial charge in [0.15, 0.2) is 5.13 Å².